The number of nitrogens with zero attached hydrogens (tertiary/aromatic N) is 1. The molecule has 2 N–H and O–H groups in total. The molecule has 0 aromatic rings. The molecule has 1 aliphatic rings. The number of aliphatic carboxylic acids is 1. The number of carboxylic acids is 1. The minimum Gasteiger partial charge on any atom is -0.480 e. The average Bonchev–Trinajstić information content (AvgIpc) is 2.39. The van der Waals surface area contributed by atoms with Gasteiger partial charge in [-0.05, 0) is 32.7 Å². The Kier molecular flexibility index (Phi) is 5.05. The van der Waals surface area contributed by atoms with Crippen molar-refractivity contribution in [3.05, 3.63) is 0 Å². The highest BCUT2D eigenvalue weighted by atomic mass is 16.4. The van der Waals surface area contributed by atoms with Crippen molar-refractivity contribution in [2.45, 2.75) is 51.2 Å². The van der Waals surface area contributed by atoms with Crippen LogP contribution in [0.1, 0.15) is 39.0 Å². The molecule has 0 spiro atoms. The van der Waals surface area contributed by atoms with E-state index in [0.29, 0.717) is 13.0 Å². The van der Waals surface area contributed by atoms with Crippen molar-refractivity contribution in [1.29, 1.82) is 0 Å². The first-order valence-corrected chi connectivity index (χ1v) is 5.76. The number of hydrogen-bond acceptors (Lipinski definition) is 3. The molecule has 1 aliphatic heterocycles. The molecule has 4 nitrogen and oxygen atoms in total. The average molecular weight is 215 g/mol. The van der Waals surface area contributed by atoms with Gasteiger partial charge in [-0.1, -0.05) is 12.8 Å². The van der Waals surface area contributed by atoms with Gasteiger partial charge in [0.05, 0.1) is 6.10 Å². The zero-order valence-corrected chi connectivity index (χ0v) is 9.35. The van der Waals surface area contributed by atoms with Gasteiger partial charge in [0.2, 0.25) is 0 Å². The first-order valence-electron chi connectivity index (χ1n) is 5.76. The second-order valence-corrected chi connectivity index (χ2v) is 4.38. The summed E-state index contributed by atoms with van der Waals surface area (Å²) in [5, 5.41) is 18.3. The third kappa shape index (κ3) is 4.18. The van der Waals surface area contributed by atoms with Crippen LogP contribution in [0.4, 0.5) is 0 Å². The molecule has 15 heavy (non-hydrogen) atoms. The van der Waals surface area contributed by atoms with Crippen LogP contribution >= 0.6 is 0 Å². The first kappa shape index (κ1) is 12.5. The Labute approximate surface area is 90.9 Å². The van der Waals surface area contributed by atoms with Gasteiger partial charge in [-0.2, -0.15) is 0 Å². The van der Waals surface area contributed by atoms with Gasteiger partial charge in [0.1, 0.15) is 6.04 Å². The van der Waals surface area contributed by atoms with Gasteiger partial charge in [-0.15, -0.1) is 0 Å². The van der Waals surface area contributed by atoms with Crippen molar-refractivity contribution in [2.24, 2.45) is 0 Å². The molecule has 0 aromatic heterocycles. The third-order valence-corrected chi connectivity index (χ3v) is 2.98. The molecular weight excluding hydrogens is 194 g/mol. The highest BCUT2D eigenvalue weighted by Gasteiger charge is 2.26. The van der Waals surface area contributed by atoms with Crippen molar-refractivity contribution < 1.29 is 15.0 Å². The third-order valence-electron chi connectivity index (χ3n) is 2.98. The number of carbonyl (C=O) groups is 1. The molecule has 2 atom stereocenters. The van der Waals surface area contributed by atoms with Crippen LogP contribution < -0.4 is 0 Å². The SMILES string of the molecule is CC(O)CCN1CCCCCC1C(=O)O. The van der Waals surface area contributed by atoms with Gasteiger partial charge in [0, 0.05) is 6.54 Å². The number of likely N-dealkylation sites (tertiary alicyclic amines) is 1. The Morgan fingerprint density at radius 3 is 2.80 bits per heavy atom. The number of rotatable bonds is 4. The van der Waals surface area contributed by atoms with Gasteiger partial charge in [-0.25, -0.2) is 0 Å². The van der Waals surface area contributed by atoms with Crippen LogP contribution in [0, 0.1) is 0 Å². The lowest BCUT2D eigenvalue weighted by molar-refractivity contribution is -0.143. The molecule has 0 aliphatic carbocycles. The van der Waals surface area contributed by atoms with E-state index < -0.39 is 5.97 Å². The molecule has 0 radical (unpaired) electrons. The molecule has 1 saturated heterocycles. The van der Waals surface area contributed by atoms with E-state index in [4.69, 9.17) is 5.11 Å². The van der Waals surface area contributed by atoms with Gasteiger partial charge in [0.15, 0.2) is 0 Å². The summed E-state index contributed by atoms with van der Waals surface area (Å²) in [5.41, 5.74) is 0. The fourth-order valence-corrected chi connectivity index (χ4v) is 2.07. The summed E-state index contributed by atoms with van der Waals surface area (Å²) in [6.45, 7) is 3.28. The lowest BCUT2D eigenvalue weighted by atomic mass is 10.1. The summed E-state index contributed by atoms with van der Waals surface area (Å²) >= 11 is 0. The lowest BCUT2D eigenvalue weighted by Gasteiger charge is -2.26. The molecule has 4 heteroatoms. The number of aliphatic hydroxyl groups is 1. The minimum atomic E-state index is -0.720. The van der Waals surface area contributed by atoms with Crippen LogP contribution in [0.3, 0.4) is 0 Å². The summed E-state index contributed by atoms with van der Waals surface area (Å²) in [5.74, 6) is -0.720. The molecule has 1 heterocycles. The zero-order chi connectivity index (χ0) is 11.3. The summed E-state index contributed by atoms with van der Waals surface area (Å²) in [4.78, 5) is 13.1. The first-order chi connectivity index (χ1) is 7.11. The monoisotopic (exact) mass is 215 g/mol. The van der Waals surface area contributed by atoms with E-state index in [0.717, 1.165) is 32.2 Å². The Balaban J connectivity index is 2.50. The molecule has 1 rings (SSSR count). The number of aliphatic hydroxyl groups excluding tert-OH is 1. The quantitative estimate of drug-likeness (QED) is 0.737. The Morgan fingerprint density at radius 2 is 2.20 bits per heavy atom. The molecule has 0 bridgehead atoms. The van der Waals surface area contributed by atoms with Gasteiger partial charge < -0.3 is 10.2 Å². The van der Waals surface area contributed by atoms with Crippen LogP contribution in [-0.2, 0) is 4.79 Å². The van der Waals surface area contributed by atoms with Crippen molar-refractivity contribution in [3.63, 3.8) is 0 Å². The summed E-state index contributed by atoms with van der Waals surface area (Å²) in [6.07, 6.45) is 4.25. The minimum absolute atomic E-state index is 0.341. The van der Waals surface area contributed by atoms with Crippen molar-refractivity contribution in [3.8, 4) is 0 Å². The van der Waals surface area contributed by atoms with E-state index in [9.17, 15) is 9.90 Å². The van der Waals surface area contributed by atoms with Crippen molar-refractivity contribution in [1.82, 2.24) is 4.90 Å². The topological polar surface area (TPSA) is 60.8 Å². The summed E-state index contributed by atoms with van der Waals surface area (Å²) in [6, 6.07) is -0.341. The summed E-state index contributed by atoms with van der Waals surface area (Å²) < 4.78 is 0. The normalized spacial score (nSPS) is 25.9. The fraction of sp³-hybridized carbons (Fsp3) is 0.909. The highest BCUT2D eigenvalue weighted by Crippen LogP contribution is 2.17. The van der Waals surface area contributed by atoms with Gasteiger partial charge >= 0.3 is 5.97 Å². The summed E-state index contributed by atoms with van der Waals surface area (Å²) in [7, 11) is 0. The smallest absolute Gasteiger partial charge is 0.320 e. The molecular formula is C11H21NO3. The predicted octanol–water partition coefficient (Wildman–Crippen LogP) is 1.09. The van der Waals surface area contributed by atoms with E-state index >= 15 is 0 Å². The maximum absolute atomic E-state index is 11.1. The fourth-order valence-electron chi connectivity index (χ4n) is 2.07. The van der Waals surface area contributed by atoms with E-state index in [1.807, 2.05) is 4.90 Å². The molecule has 0 saturated carbocycles. The van der Waals surface area contributed by atoms with E-state index in [1.165, 1.54) is 0 Å². The standard InChI is InChI=1S/C11H21NO3/c1-9(13)6-8-12-7-4-2-3-5-10(12)11(14)15/h9-10,13H,2-8H2,1H3,(H,14,15). The molecule has 0 amide bonds. The highest BCUT2D eigenvalue weighted by molar-refractivity contribution is 5.73. The molecule has 1 fully saturated rings. The van der Waals surface area contributed by atoms with Crippen LogP contribution in [0.25, 0.3) is 0 Å². The van der Waals surface area contributed by atoms with Crippen molar-refractivity contribution >= 4 is 5.97 Å². The largest absolute Gasteiger partial charge is 0.480 e. The Morgan fingerprint density at radius 1 is 1.47 bits per heavy atom. The van der Waals surface area contributed by atoms with Gasteiger partial charge in [0.25, 0.3) is 0 Å². The number of hydrogen-bond donors (Lipinski definition) is 2. The molecule has 88 valence electrons. The van der Waals surface area contributed by atoms with Crippen LogP contribution in [0.2, 0.25) is 0 Å². The lowest BCUT2D eigenvalue weighted by Crippen LogP contribution is -2.41. The zero-order valence-electron chi connectivity index (χ0n) is 9.35. The van der Waals surface area contributed by atoms with E-state index in [-0.39, 0.29) is 12.1 Å². The van der Waals surface area contributed by atoms with E-state index in [1.54, 1.807) is 6.92 Å². The molecule has 0 aromatic carbocycles. The second-order valence-electron chi connectivity index (χ2n) is 4.38. The van der Waals surface area contributed by atoms with Crippen LogP contribution in [-0.4, -0.2) is 46.3 Å². The maximum Gasteiger partial charge on any atom is 0.320 e. The number of carboxylic acid groups (broad SMARTS) is 1. The molecule has 2 unspecified atom stereocenters. The maximum atomic E-state index is 11.1. The predicted molar refractivity (Wildman–Crippen MR) is 57.8 cm³/mol. The van der Waals surface area contributed by atoms with E-state index in [2.05, 4.69) is 0 Å². The van der Waals surface area contributed by atoms with Crippen LogP contribution in [0.5, 0.6) is 0 Å². The van der Waals surface area contributed by atoms with Crippen molar-refractivity contribution in [2.75, 3.05) is 13.1 Å². The van der Waals surface area contributed by atoms with Crippen LogP contribution in [0.15, 0.2) is 0 Å². The second kappa shape index (κ2) is 6.08. The Hall–Kier alpha value is -0.610. The van der Waals surface area contributed by atoms with Gasteiger partial charge in [-0.3, -0.25) is 9.69 Å². The Bertz CT molecular complexity index is 206.